The van der Waals surface area contributed by atoms with Crippen molar-refractivity contribution in [1.82, 2.24) is 25.1 Å². The van der Waals surface area contributed by atoms with Crippen LogP contribution in [0.25, 0.3) is 16.7 Å². The Morgan fingerprint density at radius 2 is 1.69 bits per heavy atom. The van der Waals surface area contributed by atoms with Gasteiger partial charge in [-0.2, -0.15) is 0 Å². The van der Waals surface area contributed by atoms with Crippen LogP contribution in [0.4, 0.5) is 5.82 Å². The number of nitrogens with zero attached hydrogens (tertiary/aromatic N) is 5. The number of nitrogens with one attached hydrogen (secondary N) is 1. The number of hydrogen-bond donors (Lipinski definition) is 1. The first kappa shape index (κ1) is 22.0. The first-order valence-corrected chi connectivity index (χ1v) is 12.1. The van der Waals surface area contributed by atoms with E-state index in [2.05, 4.69) is 49.7 Å². The number of carbonyl (C=O) groups excluding carboxylic acids is 1. The second-order valence-electron chi connectivity index (χ2n) is 9.05. The van der Waals surface area contributed by atoms with E-state index in [9.17, 15) is 4.79 Å². The summed E-state index contributed by atoms with van der Waals surface area (Å²) >= 11 is 0. The van der Waals surface area contributed by atoms with Gasteiger partial charge in [-0.25, -0.2) is 0 Å². The molecule has 1 N–H and O–H groups in total. The van der Waals surface area contributed by atoms with E-state index in [1.165, 1.54) is 11.1 Å². The topological polar surface area (TPSA) is 75.9 Å². The number of aromatic nitrogens is 4. The Morgan fingerprint density at radius 3 is 2.53 bits per heavy atom. The zero-order chi connectivity index (χ0) is 24.3. The lowest BCUT2D eigenvalue weighted by molar-refractivity contribution is -0.120. The van der Waals surface area contributed by atoms with Crippen molar-refractivity contribution < 1.29 is 4.79 Å². The Labute approximate surface area is 209 Å². The highest BCUT2D eigenvalue weighted by atomic mass is 16.1. The molecule has 5 aromatic rings. The molecule has 1 amide bonds. The molecule has 4 heterocycles. The third-order valence-corrected chi connectivity index (χ3v) is 6.70. The van der Waals surface area contributed by atoms with Gasteiger partial charge in [0.05, 0.1) is 11.9 Å². The molecule has 0 aliphatic carbocycles. The van der Waals surface area contributed by atoms with Crippen LogP contribution >= 0.6 is 0 Å². The van der Waals surface area contributed by atoms with Crippen LogP contribution in [-0.2, 0) is 30.7 Å². The van der Waals surface area contributed by atoms with Crippen LogP contribution in [0.15, 0.2) is 91.4 Å². The predicted octanol–water partition coefficient (Wildman–Crippen LogP) is 4.24. The van der Waals surface area contributed by atoms with Gasteiger partial charge in [-0.15, -0.1) is 10.2 Å². The Balaban J connectivity index is 1.21. The van der Waals surface area contributed by atoms with Crippen LogP contribution in [0.3, 0.4) is 0 Å². The summed E-state index contributed by atoms with van der Waals surface area (Å²) in [6, 6.07) is 24.5. The molecule has 2 aromatic carbocycles. The minimum atomic E-state index is -0.0337. The van der Waals surface area contributed by atoms with Gasteiger partial charge in [0, 0.05) is 43.6 Å². The van der Waals surface area contributed by atoms with Gasteiger partial charge in [0.25, 0.3) is 0 Å². The van der Waals surface area contributed by atoms with Crippen LogP contribution < -0.4 is 10.2 Å². The first-order valence-electron chi connectivity index (χ1n) is 12.1. The van der Waals surface area contributed by atoms with Gasteiger partial charge < -0.3 is 10.2 Å². The van der Waals surface area contributed by atoms with Crippen molar-refractivity contribution in [3.8, 4) is 5.82 Å². The molecular weight excluding hydrogens is 448 g/mol. The normalized spacial score (nSPS) is 12.9. The fourth-order valence-electron chi connectivity index (χ4n) is 4.83. The van der Waals surface area contributed by atoms with Gasteiger partial charge in [0.2, 0.25) is 5.91 Å². The van der Waals surface area contributed by atoms with Crippen molar-refractivity contribution in [3.05, 3.63) is 114 Å². The van der Waals surface area contributed by atoms with Crippen molar-refractivity contribution >= 4 is 22.6 Å². The number of rotatable bonds is 6. The third-order valence-electron chi connectivity index (χ3n) is 6.70. The second kappa shape index (κ2) is 9.62. The molecule has 7 heteroatoms. The summed E-state index contributed by atoms with van der Waals surface area (Å²) in [5.74, 6) is 1.57. The van der Waals surface area contributed by atoms with E-state index in [0.29, 0.717) is 6.54 Å². The highest BCUT2D eigenvalue weighted by Crippen LogP contribution is 2.26. The minimum Gasteiger partial charge on any atom is -0.352 e. The zero-order valence-electron chi connectivity index (χ0n) is 19.8. The molecule has 0 atom stereocenters. The summed E-state index contributed by atoms with van der Waals surface area (Å²) < 4.78 is 2.02. The van der Waals surface area contributed by atoms with Crippen molar-refractivity contribution in [2.24, 2.45) is 0 Å². The van der Waals surface area contributed by atoms with Crippen molar-refractivity contribution in [3.63, 3.8) is 0 Å². The smallest absolute Gasteiger partial charge is 0.224 e. The van der Waals surface area contributed by atoms with E-state index in [1.807, 2.05) is 59.3 Å². The summed E-state index contributed by atoms with van der Waals surface area (Å²) in [6.07, 6.45) is 6.77. The molecule has 0 saturated carbocycles. The predicted molar refractivity (Wildman–Crippen MR) is 140 cm³/mol. The number of fused-ring (bicyclic) bond motifs is 2. The number of amides is 1. The van der Waals surface area contributed by atoms with Crippen molar-refractivity contribution in [2.75, 3.05) is 11.4 Å². The molecule has 0 spiro atoms. The fourth-order valence-corrected chi connectivity index (χ4v) is 4.83. The molecule has 36 heavy (non-hydrogen) atoms. The maximum absolute atomic E-state index is 12.7. The average molecular weight is 475 g/mol. The zero-order valence-corrected chi connectivity index (χ0v) is 19.8. The molecule has 178 valence electrons. The van der Waals surface area contributed by atoms with E-state index < -0.39 is 0 Å². The molecule has 7 nitrogen and oxygen atoms in total. The lowest BCUT2D eigenvalue weighted by Crippen LogP contribution is -2.31. The van der Waals surface area contributed by atoms with Gasteiger partial charge in [-0.05, 0) is 52.9 Å². The SMILES string of the molecule is O=C(Cc1cn(-c2ccc(N3CCc4ccccc4C3)nn2)c2ccccc12)NCc1cccnc1. The molecule has 6 rings (SSSR count). The van der Waals surface area contributed by atoms with Crippen LogP contribution in [0, 0.1) is 0 Å². The Bertz CT molecular complexity index is 1510. The summed E-state index contributed by atoms with van der Waals surface area (Å²) in [5.41, 5.74) is 5.68. The minimum absolute atomic E-state index is 0.0337. The van der Waals surface area contributed by atoms with Gasteiger partial charge in [0.1, 0.15) is 0 Å². The first-order chi connectivity index (χ1) is 17.7. The maximum Gasteiger partial charge on any atom is 0.224 e. The van der Waals surface area contributed by atoms with E-state index in [4.69, 9.17) is 0 Å². The van der Waals surface area contributed by atoms with E-state index in [0.717, 1.165) is 53.2 Å². The summed E-state index contributed by atoms with van der Waals surface area (Å²) in [7, 11) is 0. The van der Waals surface area contributed by atoms with Crippen molar-refractivity contribution in [2.45, 2.75) is 25.9 Å². The van der Waals surface area contributed by atoms with Gasteiger partial charge >= 0.3 is 0 Å². The van der Waals surface area contributed by atoms with Crippen molar-refractivity contribution in [1.29, 1.82) is 0 Å². The lowest BCUT2D eigenvalue weighted by atomic mass is 10.00. The third kappa shape index (κ3) is 4.43. The molecule has 3 aromatic heterocycles. The summed E-state index contributed by atoms with van der Waals surface area (Å²) in [5, 5.41) is 13.1. The molecule has 0 fully saturated rings. The standard InChI is InChI=1S/C29H26N6O/c36-29(31-18-21-6-5-14-30-17-21)16-24-20-35(26-10-4-3-9-25(24)26)28-12-11-27(32-33-28)34-15-13-22-7-1-2-8-23(22)19-34/h1-12,14,17,20H,13,15-16,18-19H2,(H,31,36). The number of carbonyl (C=O) groups is 1. The Morgan fingerprint density at radius 1 is 0.889 bits per heavy atom. The van der Waals surface area contributed by atoms with Crippen LogP contribution in [-0.4, -0.2) is 32.2 Å². The van der Waals surface area contributed by atoms with E-state index >= 15 is 0 Å². The van der Waals surface area contributed by atoms with Crippen LogP contribution in [0.5, 0.6) is 0 Å². The molecule has 0 unspecified atom stereocenters. The van der Waals surface area contributed by atoms with Gasteiger partial charge in [-0.3, -0.25) is 14.3 Å². The van der Waals surface area contributed by atoms with Gasteiger partial charge in [-0.1, -0.05) is 48.5 Å². The second-order valence-corrected chi connectivity index (χ2v) is 9.05. The van der Waals surface area contributed by atoms with Crippen LogP contribution in [0.2, 0.25) is 0 Å². The maximum atomic E-state index is 12.7. The largest absolute Gasteiger partial charge is 0.352 e. The lowest BCUT2D eigenvalue weighted by Gasteiger charge is -2.29. The quantitative estimate of drug-likeness (QED) is 0.399. The Kier molecular flexibility index (Phi) is 5.87. The number of para-hydroxylation sites is 1. The van der Waals surface area contributed by atoms with E-state index in [1.54, 1.807) is 12.4 Å². The average Bonchev–Trinajstić information content (AvgIpc) is 3.30. The number of hydrogen-bond acceptors (Lipinski definition) is 5. The molecule has 1 aliphatic rings. The highest BCUT2D eigenvalue weighted by molar-refractivity contribution is 5.90. The molecule has 0 radical (unpaired) electrons. The number of benzene rings is 2. The summed E-state index contributed by atoms with van der Waals surface area (Å²) in [6.45, 7) is 2.23. The monoisotopic (exact) mass is 474 g/mol. The number of anilines is 1. The highest BCUT2D eigenvalue weighted by Gasteiger charge is 2.18. The molecule has 1 aliphatic heterocycles. The van der Waals surface area contributed by atoms with Crippen LogP contribution in [0.1, 0.15) is 22.3 Å². The summed E-state index contributed by atoms with van der Waals surface area (Å²) in [4.78, 5) is 19.1. The fraction of sp³-hybridized carbons (Fsp3) is 0.172. The molecular formula is C29H26N6O. The molecule has 0 saturated heterocycles. The van der Waals surface area contributed by atoms with Gasteiger partial charge in [0.15, 0.2) is 11.6 Å². The Hall–Kier alpha value is -4.52. The number of pyridine rings is 1. The molecule has 0 bridgehead atoms. The van der Waals surface area contributed by atoms with E-state index in [-0.39, 0.29) is 12.3 Å².